The molecular formula is C12H18N2. The molecule has 14 heavy (non-hydrogen) atoms. The minimum Gasteiger partial charge on any atom is -0.334 e. The van der Waals surface area contributed by atoms with E-state index in [2.05, 4.69) is 44.5 Å². The number of nitrogens with zero attached hydrogens (tertiary/aromatic N) is 2. The molecule has 0 aromatic carbocycles. The molecule has 0 fully saturated rings. The highest BCUT2D eigenvalue weighted by Gasteiger charge is 2.23. The van der Waals surface area contributed by atoms with Crippen molar-refractivity contribution in [3.63, 3.8) is 0 Å². The minimum absolute atomic E-state index is 0.139. The number of imidazole rings is 1. The third-order valence-electron chi connectivity index (χ3n) is 2.74. The van der Waals surface area contributed by atoms with E-state index in [1.165, 1.54) is 17.2 Å². The van der Waals surface area contributed by atoms with Crippen molar-refractivity contribution in [3.05, 3.63) is 23.3 Å². The second-order valence-corrected chi connectivity index (χ2v) is 5.02. The molecule has 0 saturated heterocycles. The maximum Gasteiger partial charge on any atom is 0.114 e. The van der Waals surface area contributed by atoms with Crippen LogP contribution in [0.2, 0.25) is 0 Å². The normalized spacial score (nSPS) is 15.7. The number of aromatic nitrogens is 2. The lowest BCUT2D eigenvalue weighted by Gasteiger charge is -2.18. The predicted octanol–water partition coefficient (Wildman–Crippen LogP) is 2.68. The van der Waals surface area contributed by atoms with Gasteiger partial charge in [0.2, 0.25) is 0 Å². The molecule has 1 aliphatic rings. The van der Waals surface area contributed by atoms with Crippen molar-refractivity contribution >= 4 is 6.08 Å². The van der Waals surface area contributed by atoms with Gasteiger partial charge in [0.1, 0.15) is 5.82 Å². The lowest BCUT2D eigenvalue weighted by Crippen LogP contribution is -2.18. The summed E-state index contributed by atoms with van der Waals surface area (Å²) in [6.07, 6.45) is 6.64. The first kappa shape index (κ1) is 9.50. The zero-order valence-corrected chi connectivity index (χ0v) is 9.46. The lowest BCUT2D eigenvalue weighted by atomic mass is 9.96. The van der Waals surface area contributed by atoms with E-state index in [0.29, 0.717) is 0 Å². The Morgan fingerprint density at radius 3 is 2.64 bits per heavy atom. The van der Waals surface area contributed by atoms with Crippen molar-refractivity contribution in [2.75, 3.05) is 0 Å². The van der Waals surface area contributed by atoms with Crippen LogP contribution in [0.3, 0.4) is 0 Å². The molecule has 1 aromatic heterocycles. The highest BCUT2D eigenvalue weighted by molar-refractivity contribution is 5.51. The summed E-state index contributed by atoms with van der Waals surface area (Å²) in [7, 11) is 2.13. The zero-order valence-electron chi connectivity index (χ0n) is 9.46. The van der Waals surface area contributed by atoms with E-state index in [1.807, 2.05) is 0 Å². The van der Waals surface area contributed by atoms with Crippen LogP contribution in [0.4, 0.5) is 0 Å². The van der Waals surface area contributed by atoms with Crippen LogP contribution in [0.15, 0.2) is 6.08 Å². The van der Waals surface area contributed by atoms with E-state index >= 15 is 0 Å². The summed E-state index contributed by atoms with van der Waals surface area (Å²) in [6, 6.07) is 0. The number of allylic oxidation sites excluding steroid dienone is 1. The number of rotatable bonds is 0. The molecule has 76 valence electrons. The Bertz CT molecular complexity index is 378. The summed E-state index contributed by atoms with van der Waals surface area (Å²) in [4.78, 5) is 4.70. The van der Waals surface area contributed by atoms with Crippen LogP contribution in [-0.2, 0) is 18.9 Å². The van der Waals surface area contributed by atoms with Crippen LogP contribution in [-0.4, -0.2) is 9.55 Å². The van der Waals surface area contributed by atoms with Gasteiger partial charge < -0.3 is 4.57 Å². The van der Waals surface area contributed by atoms with Gasteiger partial charge in [-0.2, -0.15) is 0 Å². The fraction of sp³-hybridized carbons (Fsp3) is 0.583. The SMILES string of the molecule is Cn1c(C(C)(C)C)nc2c1CCC=C2. The fourth-order valence-electron chi connectivity index (χ4n) is 2.07. The maximum absolute atomic E-state index is 4.70. The van der Waals surface area contributed by atoms with Gasteiger partial charge in [-0.1, -0.05) is 26.8 Å². The van der Waals surface area contributed by atoms with Crippen molar-refractivity contribution in [2.24, 2.45) is 7.05 Å². The van der Waals surface area contributed by atoms with Crippen molar-refractivity contribution in [3.8, 4) is 0 Å². The Labute approximate surface area is 85.7 Å². The summed E-state index contributed by atoms with van der Waals surface area (Å²) in [6.45, 7) is 6.64. The molecule has 2 nitrogen and oxygen atoms in total. The summed E-state index contributed by atoms with van der Waals surface area (Å²) in [5, 5.41) is 0. The molecule has 0 unspecified atom stereocenters. The van der Waals surface area contributed by atoms with Crippen LogP contribution in [0, 0.1) is 0 Å². The Kier molecular flexibility index (Phi) is 2.02. The molecule has 0 atom stereocenters. The van der Waals surface area contributed by atoms with Gasteiger partial charge in [0.05, 0.1) is 5.69 Å². The van der Waals surface area contributed by atoms with Crippen molar-refractivity contribution in [2.45, 2.75) is 39.0 Å². The Balaban J connectivity index is 2.55. The lowest BCUT2D eigenvalue weighted by molar-refractivity contribution is 0.518. The van der Waals surface area contributed by atoms with E-state index in [4.69, 9.17) is 4.98 Å². The standard InChI is InChI=1S/C12H18N2/c1-12(2,3)11-13-9-7-5-6-8-10(9)14(11)4/h5,7H,6,8H2,1-4H3. The van der Waals surface area contributed by atoms with Crippen LogP contribution < -0.4 is 0 Å². The van der Waals surface area contributed by atoms with Crippen LogP contribution in [0.1, 0.15) is 44.4 Å². The predicted molar refractivity (Wildman–Crippen MR) is 59.3 cm³/mol. The molecule has 2 heteroatoms. The average molecular weight is 190 g/mol. The molecule has 0 N–H and O–H groups in total. The quantitative estimate of drug-likeness (QED) is 0.615. The maximum atomic E-state index is 4.70. The molecule has 0 saturated carbocycles. The molecule has 1 heterocycles. The Hall–Kier alpha value is -1.05. The summed E-state index contributed by atoms with van der Waals surface area (Å²) >= 11 is 0. The van der Waals surface area contributed by atoms with Crippen LogP contribution in [0.25, 0.3) is 6.08 Å². The summed E-state index contributed by atoms with van der Waals surface area (Å²) < 4.78 is 2.26. The summed E-state index contributed by atoms with van der Waals surface area (Å²) in [5.74, 6) is 1.19. The molecule has 1 aromatic rings. The number of hydrogen-bond donors (Lipinski definition) is 0. The molecule has 2 rings (SSSR count). The van der Waals surface area contributed by atoms with Gasteiger partial charge in [0, 0.05) is 18.2 Å². The highest BCUT2D eigenvalue weighted by Crippen LogP contribution is 2.26. The van der Waals surface area contributed by atoms with Gasteiger partial charge >= 0.3 is 0 Å². The molecular weight excluding hydrogens is 172 g/mol. The van der Waals surface area contributed by atoms with Gasteiger partial charge in [0.25, 0.3) is 0 Å². The van der Waals surface area contributed by atoms with E-state index in [1.54, 1.807) is 0 Å². The molecule has 0 amide bonds. The Morgan fingerprint density at radius 2 is 2.07 bits per heavy atom. The first-order valence-corrected chi connectivity index (χ1v) is 5.23. The largest absolute Gasteiger partial charge is 0.334 e. The van der Waals surface area contributed by atoms with Gasteiger partial charge in [-0.3, -0.25) is 0 Å². The summed E-state index contributed by atoms with van der Waals surface area (Å²) in [5.41, 5.74) is 2.70. The van der Waals surface area contributed by atoms with Crippen LogP contribution in [0.5, 0.6) is 0 Å². The minimum atomic E-state index is 0.139. The second kappa shape index (κ2) is 2.97. The molecule has 0 spiro atoms. The highest BCUT2D eigenvalue weighted by atomic mass is 15.1. The Morgan fingerprint density at radius 1 is 1.36 bits per heavy atom. The average Bonchev–Trinajstić information content (AvgIpc) is 2.44. The third-order valence-corrected chi connectivity index (χ3v) is 2.74. The third kappa shape index (κ3) is 1.39. The number of fused-ring (bicyclic) bond motifs is 1. The first-order valence-electron chi connectivity index (χ1n) is 5.23. The first-order chi connectivity index (χ1) is 6.50. The van der Waals surface area contributed by atoms with Crippen LogP contribution >= 0.6 is 0 Å². The monoisotopic (exact) mass is 190 g/mol. The van der Waals surface area contributed by atoms with E-state index in [0.717, 1.165) is 12.8 Å². The van der Waals surface area contributed by atoms with Crippen molar-refractivity contribution < 1.29 is 0 Å². The molecule has 0 radical (unpaired) electrons. The smallest absolute Gasteiger partial charge is 0.114 e. The molecule has 0 bridgehead atoms. The number of hydrogen-bond acceptors (Lipinski definition) is 1. The van der Waals surface area contributed by atoms with Gasteiger partial charge in [-0.25, -0.2) is 4.98 Å². The topological polar surface area (TPSA) is 17.8 Å². The van der Waals surface area contributed by atoms with Gasteiger partial charge in [-0.15, -0.1) is 0 Å². The fourth-order valence-corrected chi connectivity index (χ4v) is 2.07. The van der Waals surface area contributed by atoms with Crippen molar-refractivity contribution in [1.82, 2.24) is 9.55 Å². The molecule has 0 aliphatic heterocycles. The van der Waals surface area contributed by atoms with E-state index in [9.17, 15) is 0 Å². The van der Waals surface area contributed by atoms with E-state index in [-0.39, 0.29) is 5.41 Å². The van der Waals surface area contributed by atoms with Gasteiger partial charge in [0.15, 0.2) is 0 Å². The van der Waals surface area contributed by atoms with E-state index < -0.39 is 0 Å². The van der Waals surface area contributed by atoms with Crippen molar-refractivity contribution in [1.29, 1.82) is 0 Å². The molecule has 1 aliphatic carbocycles. The van der Waals surface area contributed by atoms with Gasteiger partial charge in [-0.05, 0) is 18.9 Å². The second-order valence-electron chi connectivity index (χ2n) is 5.02. The zero-order chi connectivity index (χ0) is 10.3.